The van der Waals surface area contributed by atoms with Gasteiger partial charge in [0.15, 0.2) is 0 Å². The quantitative estimate of drug-likeness (QED) is 0.565. The molecule has 0 aliphatic rings. The first-order valence-electron chi connectivity index (χ1n) is 6.16. The Labute approximate surface area is 135 Å². The second kappa shape index (κ2) is 7.45. The van der Waals surface area contributed by atoms with Crippen LogP contribution in [-0.4, -0.2) is 12.8 Å². The van der Waals surface area contributed by atoms with Crippen molar-refractivity contribution in [1.82, 2.24) is 0 Å². The number of para-hydroxylation sites is 1. The molecule has 3 nitrogen and oxygen atoms in total. The van der Waals surface area contributed by atoms with Crippen LogP contribution in [0.1, 0.15) is 12.5 Å². The molecule has 0 spiro atoms. The van der Waals surface area contributed by atoms with Crippen LogP contribution in [0.25, 0.3) is 0 Å². The van der Waals surface area contributed by atoms with Crippen LogP contribution in [0.3, 0.4) is 0 Å². The fraction of sp³-hybridized carbons (Fsp3) is 0.133. The van der Waals surface area contributed by atoms with Crippen LogP contribution >= 0.6 is 31.9 Å². The highest BCUT2D eigenvalue weighted by molar-refractivity contribution is 9.11. The second-order valence-corrected chi connectivity index (χ2v) is 5.75. The van der Waals surface area contributed by atoms with Gasteiger partial charge in [-0.2, -0.15) is 5.10 Å². The molecule has 0 unspecified atom stereocenters. The molecule has 20 heavy (non-hydrogen) atoms. The van der Waals surface area contributed by atoms with Gasteiger partial charge in [-0.3, -0.25) is 5.43 Å². The highest BCUT2D eigenvalue weighted by Gasteiger charge is 2.08. The maximum atomic E-state index is 5.64. The molecule has 0 amide bonds. The molecule has 0 atom stereocenters. The number of hydrogen-bond donors (Lipinski definition) is 1. The van der Waals surface area contributed by atoms with Crippen LogP contribution in [-0.2, 0) is 0 Å². The van der Waals surface area contributed by atoms with Gasteiger partial charge in [0.1, 0.15) is 5.75 Å². The summed E-state index contributed by atoms with van der Waals surface area (Å²) in [6.45, 7) is 2.56. The van der Waals surface area contributed by atoms with E-state index in [1.165, 1.54) is 0 Å². The van der Waals surface area contributed by atoms with Crippen molar-refractivity contribution in [3.8, 4) is 5.75 Å². The maximum absolute atomic E-state index is 5.64. The van der Waals surface area contributed by atoms with Gasteiger partial charge >= 0.3 is 0 Å². The average molecular weight is 398 g/mol. The fourth-order valence-corrected chi connectivity index (χ4v) is 3.03. The third kappa shape index (κ3) is 4.08. The van der Waals surface area contributed by atoms with Gasteiger partial charge in [0, 0.05) is 10.0 Å². The lowest BCUT2D eigenvalue weighted by atomic mass is 10.2. The van der Waals surface area contributed by atoms with Gasteiger partial charge in [-0.25, -0.2) is 0 Å². The van der Waals surface area contributed by atoms with Gasteiger partial charge in [0.2, 0.25) is 0 Å². The lowest BCUT2D eigenvalue weighted by molar-refractivity contribution is 0.337. The minimum absolute atomic E-state index is 0.604. The number of benzene rings is 2. The molecule has 0 saturated heterocycles. The number of nitrogens with zero attached hydrogens (tertiary/aromatic N) is 1. The molecule has 0 bridgehead atoms. The van der Waals surface area contributed by atoms with Crippen molar-refractivity contribution in [1.29, 1.82) is 0 Å². The highest BCUT2D eigenvalue weighted by atomic mass is 79.9. The number of rotatable bonds is 5. The predicted octanol–water partition coefficient (Wildman–Crippen LogP) is 5.06. The van der Waals surface area contributed by atoms with E-state index in [-0.39, 0.29) is 0 Å². The number of nitrogens with one attached hydrogen (secondary N) is 1. The van der Waals surface area contributed by atoms with Gasteiger partial charge in [-0.1, -0.05) is 34.1 Å². The van der Waals surface area contributed by atoms with E-state index in [9.17, 15) is 0 Å². The minimum atomic E-state index is 0.604. The van der Waals surface area contributed by atoms with E-state index < -0.39 is 0 Å². The van der Waals surface area contributed by atoms with E-state index in [1.807, 2.05) is 49.4 Å². The Balaban J connectivity index is 2.19. The van der Waals surface area contributed by atoms with Crippen LogP contribution in [0.2, 0.25) is 0 Å². The molecule has 0 aliphatic heterocycles. The maximum Gasteiger partial charge on any atom is 0.142 e. The number of hydrogen-bond acceptors (Lipinski definition) is 3. The summed E-state index contributed by atoms with van der Waals surface area (Å²) >= 11 is 6.97. The zero-order valence-corrected chi connectivity index (χ0v) is 14.1. The average Bonchev–Trinajstić information content (AvgIpc) is 2.43. The van der Waals surface area contributed by atoms with E-state index in [4.69, 9.17) is 4.74 Å². The fourth-order valence-electron chi connectivity index (χ4n) is 1.66. The Morgan fingerprint density at radius 3 is 2.65 bits per heavy atom. The predicted molar refractivity (Wildman–Crippen MR) is 90.7 cm³/mol. The van der Waals surface area contributed by atoms with Gasteiger partial charge in [0.25, 0.3) is 0 Å². The smallest absolute Gasteiger partial charge is 0.142 e. The zero-order chi connectivity index (χ0) is 14.4. The van der Waals surface area contributed by atoms with E-state index in [0.29, 0.717) is 6.61 Å². The summed E-state index contributed by atoms with van der Waals surface area (Å²) < 4.78 is 7.50. The molecule has 5 heteroatoms. The summed E-state index contributed by atoms with van der Waals surface area (Å²) in [5.41, 5.74) is 4.82. The second-order valence-electron chi connectivity index (χ2n) is 3.98. The van der Waals surface area contributed by atoms with Crippen LogP contribution in [0.15, 0.2) is 56.5 Å². The molecule has 2 aromatic carbocycles. The Morgan fingerprint density at radius 2 is 1.95 bits per heavy atom. The SMILES string of the molecule is CCOc1c(Br)cc(Br)cc1C=NNc1ccccc1. The monoisotopic (exact) mass is 396 g/mol. The standard InChI is InChI=1S/C15H14Br2N2O/c1-2-20-15-11(8-12(16)9-14(15)17)10-18-19-13-6-4-3-5-7-13/h3-10,19H,2H2,1H3. The Hall–Kier alpha value is -1.33. The number of anilines is 1. The molecule has 0 saturated carbocycles. The Morgan fingerprint density at radius 1 is 1.20 bits per heavy atom. The van der Waals surface area contributed by atoms with Gasteiger partial charge < -0.3 is 4.74 Å². The number of ether oxygens (including phenoxy) is 1. The molecule has 0 aliphatic carbocycles. The summed E-state index contributed by atoms with van der Waals surface area (Å²) in [5, 5.41) is 4.24. The summed E-state index contributed by atoms with van der Waals surface area (Å²) in [4.78, 5) is 0. The third-order valence-corrected chi connectivity index (χ3v) is 3.54. The third-order valence-electron chi connectivity index (χ3n) is 2.50. The van der Waals surface area contributed by atoms with Crippen molar-refractivity contribution in [3.63, 3.8) is 0 Å². The Kier molecular flexibility index (Phi) is 5.61. The van der Waals surface area contributed by atoms with Crippen molar-refractivity contribution in [2.24, 2.45) is 5.10 Å². The summed E-state index contributed by atoms with van der Waals surface area (Å²) in [6.07, 6.45) is 1.74. The van der Waals surface area contributed by atoms with Crippen LogP contribution in [0.4, 0.5) is 5.69 Å². The van der Waals surface area contributed by atoms with Crippen molar-refractivity contribution in [3.05, 3.63) is 57.0 Å². The summed E-state index contributed by atoms with van der Waals surface area (Å²) in [5.74, 6) is 0.786. The molecule has 0 heterocycles. The molecule has 104 valence electrons. The minimum Gasteiger partial charge on any atom is -0.492 e. The molecular weight excluding hydrogens is 384 g/mol. The number of hydrazone groups is 1. The van der Waals surface area contributed by atoms with Crippen LogP contribution < -0.4 is 10.2 Å². The number of halogens is 2. The van der Waals surface area contributed by atoms with Crippen molar-refractivity contribution in [2.75, 3.05) is 12.0 Å². The van der Waals surface area contributed by atoms with E-state index in [0.717, 1.165) is 25.9 Å². The van der Waals surface area contributed by atoms with E-state index >= 15 is 0 Å². The van der Waals surface area contributed by atoms with E-state index in [2.05, 4.69) is 42.4 Å². The normalized spacial score (nSPS) is 10.8. The van der Waals surface area contributed by atoms with Crippen LogP contribution in [0.5, 0.6) is 5.75 Å². The van der Waals surface area contributed by atoms with Gasteiger partial charge in [0.05, 0.1) is 23.0 Å². The van der Waals surface area contributed by atoms with Crippen molar-refractivity contribution in [2.45, 2.75) is 6.92 Å². The zero-order valence-electron chi connectivity index (χ0n) is 10.9. The van der Waals surface area contributed by atoms with E-state index in [1.54, 1.807) is 6.21 Å². The summed E-state index contributed by atoms with van der Waals surface area (Å²) in [6, 6.07) is 13.7. The first-order valence-corrected chi connectivity index (χ1v) is 7.75. The van der Waals surface area contributed by atoms with Crippen molar-refractivity contribution >= 4 is 43.8 Å². The molecule has 1 N–H and O–H groups in total. The molecular formula is C15H14Br2N2O. The molecule has 2 rings (SSSR count). The highest BCUT2D eigenvalue weighted by Crippen LogP contribution is 2.32. The molecule has 0 aromatic heterocycles. The Bertz CT molecular complexity index is 600. The topological polar surface area (TPSA) is 33.6 Å². The molecule has 2 aromatic rings. The lowest BCUT2D eigenvalue weighted by Crippen LogP contribution is -1.98. The molecule has 0 radical (unpaired) electrons. The van der Waals surface area contributed by atoms with Crippen molar-refractivity contribution < 1.29 is 4.74 Å². The first kappa shape index (κ1) is 15.1. The van der Waals surface area contributed by atoms with Gasteiger partial charge in [-0.15, -0.1) is 0 Å². The van der Waals surface area contributed by atoms with Gasteiger partial charge in [-0.05, 0) is 47.1 Å². The van der Waals surface area contributed by atoms with Crippen LogP contribution in [0, 0.1) is 0 Å². The molecule has 0 fully saturated rings. The first-order chi connectivity index (χ1) is 9.70. The lowest BCUT2D eigenvalue weighted by Gasteiger charge is -2.10. The summed E-state index contributed by atoms with van der Waals surface area (Å²) in [7, 11) is 0. The largest absolute Gasteiger partial charge is 0.492 e.